The lowest BCUT2D eigenvalue weighted by Gasteiger charge is -2.19. The van der Waals surface area contributed by atoms with Crippen molar-refractivity contribution in [3.8, 4) is 0 Å². The van der Waals surface area contributed by atoms with Gasteiger partial charge in [-0.2, -0.15) is 0 Å². The fourth-order valence-electron chi connectivity index (χ4n) is 6.39. The monoisotopic (exact) mass is 828 g/mol. The quantitative estimate of drug-likeness (QED) is 0.0560. The van der Waals surface area contributed by atoms with Crippen molar-refractivity contribution < 1.29 is 9.90 Å². The summed E-state index contributed by atoms with van der Waals surface area (Å²) in [7, 11) is 8.38. The van der Waals surface area contributed by atoms with Gasteiger partial charge in [-0.3, -0.25) is 14.8 Å². The molecule has 316 valence electrons. The van der Waals surface area contributed by atoms with Crippen molar-refractivity contribution in [1.29, 1.82) is 0 Å². The fourth-order valence-corrected chi connectivity index (χ4v) is 6.64. The molecule has 0 bridgehead atoms. The van der Waals surface area contributed by atoms with Crippen LogP contribution in [0.2, 0.25) is 10.0 Å². The van der Waals surface area contributed by atoms with Crippen LogP contribution >= 0.6 is 23.2 Å². The number of nitrogens with zero attached hydrogens (tertiary/aromatic N) is 4. The molecule has 2 heterocycles. The molecule has 0 aliphatic heterocycles. The van der Waals surface area contributed by atoms with Gasteiger partial charge in [-0.15, -0.1) is 0 Å². The third kappa shape index (κ3) is 24.2. The number of carboxylic acids is 1. The van der Waals surface area contributed by atoms with E-state index in [2.05, 4.69) is 116 Å². The van der Waals surface area contributed by atoms with Gasteiger partial charge in [0.25, 0.3) is 0 Å². The molecular formula is C50H70Cl2N4O2. The molecule has 8 heteroatoms. The zero-order valence-electron chi connectivity index (χ0n) is 35.9. The van der Waals surface area contributed by atoms with Crippen molar-refractivity contribution in [3.63, 3.8) is 0 Å². The largest absolute Gasteiger partial charge is 0.481 e. The van der Waals surface area contributed by atoms with E-state index in [1.165, 1.54) is 56.1 Å². The van der Waals surface area contributed by atoms with Crippen LogP contribution < -0.4 is 0 Å². The van der Waals surface area contributed by atoms with E-state index in [-0.39, 0.29) is 0 Å². The molecule has 0 spiro atoms. The standard InChI is InChI=1S/C18H32O2.2C16H19ClN2/c1-2-3-4-5-6-7-8-9-10-11-12-13-14-15-16-17-18(19)20;2*1-19(2)12-10-15(16-5-3-4-11-18-16)13-6-8-14(17)9-7-13/h6-7,9-10H,2-5,8,11-17H2,1H3,(H,19,20);2*3-9,11,15H,10,12H2,1-2H3/b7-6-,10-9-;;. The van der Waals surface area contributed by atoms with E-state index in [4.69, 9.17) is 28.3 Å². The number of carboxylic acid groups (broad SMARTS) is 1. The molecule has 0 aliphatic rings. The SMILES string of the molecule is CCCCC/C=C\C/C=C\CCCCCCCC(=O)O.CN(C)CCC(c1ccc(Cl)cc1)c1ccccn1.CN(C)CCC(c1ccc(Cl)cc1)c1ccccn1. The molecule has 0 fully saturated rings. The normalized spacial score (nSPS) is 12.3. The molecule has 4 aromatic rings. The van der Waals surface area contributed by atoms with Crippen LogP contribution in [0.15, 0.2) is 122 Å². The summed E-state index contributed by atoms with van der Waals surface area (Å²) in [5.74, 6) is -0.0302. The van der Waals surface area contributed by atoms with Gasteiger partial charge in [-0.1, -0.05) is 123 Å². The average molecular weight is 830 g/mol. The summed E-state index contributed by atoms with van der Waals surface area (Å²) in [4.78, 5) is 23.7. The smallest absolute Gasteiger partial charge is 0.303 e. The summed E-state index contributed by atoms with van der Waals surface area (Å²) < 4.78 is 0. The van der Waals surface area contributed by atoms with Crippen molar-refractivity contribution >= 4 is 29.2 Å². The predicted octanol–water partition coefficient (Wildman–Crippen LogP) is 13.5. The number of aromatic nitrogens is 2. The third-order valence-corrected chi connectivity index (χ3v) is 10.2. The summed E-state index contributed by atoms with van der Waals surface area (Å²) in [6.07, 6.45) is 28.1. The lowest BCUT2D eigenvalue weighted by Crippen LogP contribution is -2.17. The molecule has 0 saturated carbocycles. The molecule has 2 atom stereocenters. The van der Waals surface area contributed by atoms with Crippen LogP contribution in [0, 0.1) is 0 Å². The Labute approximate surface area is 361 Å². The van der Waals surface area contributed by atoms with Gasteiger partial charge in [0.15, 0.2) is 0 Å². The van der Waals surface area contributed by atoms with Gasteiger partial charge in [0.1, 0.15) is 0 Å². The molecule has 4 rings (SSSR count). The summed E-state index contributed by atoms with van der Waals surface area (Å²) >= 11 is 11.9. The van der Waals surface area contributed by atoms with E-state index in [1.807, 2.05) is 60.9 Å². The van der Waals surface area contributed by atoms with E-state index >= 15 is 0 Å². The number of rotatable bonds is 24. The summed E-state index contributed by atoms with van der Waals surface area (Å²) in [6, 6.07) is 28.3. The minimum absolute atomic E-state index is 0.320. The first-order valence-corrected chi connectivity index (χ1v) is 22.0. The van der Waals surface area contributed by atoms with Crippen LogP contribution in [0.1, 0.15) is 131 Å². The van der Waals surface area contributed by atoms with Gasteiger partial charge >= 0.3 is 5.97 Å². The molecule has 6 nitrogen and oxygen atoms in total. The maximum atomic E-state index is 10.3. The van der Waals surface area contributed by atoms with Gasteiger partial charge in [-0.25, -0.2) is 0 Å². The number of benzene rings is 2. The minimum Gasteiger partial charge on any atom is -0.481 e. The van der Waals surface area contributed by atoms with Gasteiger partial charge in [0.2, 0.25) is 0 Å². The second-order valence-corrected chi connectivity index (χ2v) is 16.1. The molecule has 0 amide bonds. The van der Waals surface area contributed by atoms with E-state index in [0.717, 1.165) is 73.0 Å². The maximum Gasteiger partial charge on any atom is 0.303 e. The van der Waals surface area contributed by atoms with Gasteiger partial charge in [-0.05, 0) is 152 Å². The second-order valence-electron chi connectivity index (χ2n) is 15.3. The highest BCUT2D eigenvalue weighted by Gasteiger charge is 2.16. The fraction of sp³-hybridized carbons (Fsp3) is 0.460. The van der Waals surface area contributed by atoms with Crippen LogP contribution in [-0.2, 0) is 4.79 Å². The topological polar surface area (TPSA) is 69.6 Å². The lowest BCUT2D eigenvalue weighted by atomic mass is 9.92. The molecular weight excluding hydrogens is 759 g/mol. The average Bonchev–Trinajstić information content (AvgIpc) is 3.22. The predicted molar refractivity (Wildman–Crippen MR) is 248 cm³/mol. The van der Waals surface area contributed by atoms with Crippen LogP contribution in [-0.4, -0.2) is 72.1 Å². The number of aliphatic carboxylic acids is 1. The molecule has 1 N–H and O–H groups in total. The van der Waals surface area contributed by atoms with E-state index < -0.39 is 5.97 Å². The van der Waals surface area contributed by atoms with Gasteiger partial charge < -0.3 is 14.9 Å². The molecule has 0 aliphatic carbocycles. The van der Waals surface area contributed by atoms with E-state index in [9.17, 15) is 4.79 Å². The van der Waals surface area contributed by atoms with Crippen molar-refractivity contribution in [2.75, 3.05) is 41.3 Å². The second kappa shape index (κ2) is 32.1. The first-order valence-electron chi connectivity index (χ1n) is 21.2. The molecule has 58 heavy (non-hydrogen) atoms. The molecule has 2 unspecified atom stereocenters. The molecule has 0 saturated heterocycles. The summed E-state index contributed by atoms with van der Waals surface area (Å²) in [6.45, 7) is 4.30. The van der Waals surface area contributed by atoms with E-state index in [0.29, 0.717) is 18.3 Å². The number of allylic oxidation sites excluding steroid dienone is 4. The Hall–Kier alpha value is -3.81. The van der Waals surface area contributed by atoms with Crippen LogP contribution in [0.3, 0.4) is 0 Å². The number of pyridine rings is 2. The number of carbonyl (C=O) groups is 1. The van der Waals surface area contributed by atoms with Crippen LogP contribution in [0.25, 0.3) is 0 Å². The van der Waals surface area contributed by atoms with Crippen LogP contribution in [0.5, 0.6) is 0 Å². The highest BCUT2D eigenvalue weighted by Crippen LogP contribution is 2.29. The first-order chi connectivity index (χ1) is 28.1. The summed E-state index contributed by atoms with van der Waals surface area (Å²) in [5.41, 5.74) is 4.77. The zero-order valence-corrected chi connectivity index (χ0v) is 37.4. The summed E-state index contributed by atoms with van der Waals surface area (Å²) in [5, 5.41) is 10.1. The van der Waals surface area contributed by atoms with Crippen molar-refractivity contribution in [3.05, 3.63) is 154 Å². The molecule has 2 aromatic carbocycles. The Morgan fingerprint density at radius 2 is 1.03 bits per heavy atom. The Morgan fingerprint density at radius 3 is 1.43 bits per heavy atom. The molecule has 0 radical (unpaired) electrons. The Kier molecular flexibility index (Phi) is 27.9. The van der Waals surface area contributed by atoms with Crippen molar-refractivity contribution in [2.45, 2.75) is 109 Å². The van der Waals surface area contributed by atoms with Crippen molar-refractivity contribution in [1.82, 2.24) is 19.8 Å². The number of unbranched alkanes of at least 4 members (excludes halogenated alkanes) is 8. The van der Waals surface area contributed by atoms with E-state index in [1.54, 1.807) is 0 Å². The number of halogens is 2. The van der Waals surface area contributed by atoms with Gasteiger partial charge in [0, 0.05) is 52.1 Å². The molecule has 2 aromatic heterocycles. The Morgan fingerprint density at radius 1 is 0.603 bits per heavy atom. The Balaban J connectivity index is 0.000000300. The maximum absolute atomic E-state index is 10.3. The number of hydrogen-bond acceptors (Lipinski definition) is 5. The highest BCUT2D eigenvalue weighted by atomic mass is 35.5. The zero-order chi connectivity index (χ0) is 42.2. The van der Waals surface area contributed by atoms with Crippen molar-refractivity contribution in [2.24, 2.45) is 0 Å². The first kappa shape index (κ1) is 50.3. The minimum atomic E-state index is -0.671. The number of hydrogen-bond donors (Lipinski definition) is 1. The van der Waals surface area contributed by atoms with Gasteiger partial charge in [0.05, 0.1) is 0 Å². The highest BCUT2D eigenvalue weighted by molar-refractivity contribution is 6.30. The Bertz CT molecular complexity index is 1550. The lowest BCUT2D eigenvalue weighted by molar-refractivity contribution is -0.137. The van der Waals surface area contributed by atoms with Crippen LogP contribution in [0.4, 0.5) is 0 Å². The third-order valence-electron chi connectivity index (χ3n) is 9.71.